The number of carbonyl (C=O) groups excluding carboxylic acids is 1. The number of aromatic amines is 1. The molecule has 8 heteroatoms. The highest BCUT2D eigenvalue weighted by Crippen LogP contribution is 2.45. The fourth-order valence-corrected chi connectivity index (χ4v) is 4.38. The van der Waals surface area contributed by atoms with Crippen LogP contribution in [0.4, 0.5) is 4.39 Å². The van der Waals surface area contributed by atoms with Gasteiger partial charge in [0.1, 0.15) is 11.5 Å². The van der Waals surface area contributed by atoms with E-state index in [1.54, 1.807) is 29.1 Å². The number of halogens is 1. The van der Waals surface area contributed by atoms with Gasteiger partial charge < -0.3 is 9.88 Å². The number of aromatic nitrogens is 4. The Bertz CT molecular complexity index is 1380. The van der Waals surface area contributed by atoms with Crippen LogP contribution >= 0.6 is 0 Å². The van der Waals surface area contributed by atoms with E-state index in [2.05, 4.69) is 15.3 Å². The summed E-state index contributed by atoms with van der Waals surface area (Å²) in [6, 6.07) is 13.0. The first-order chi connectivity index (χ1) is 15.0. The summed E-state index contributed by atoms with van der Waals surface area (Å²) in [6.07, 6.45) is 2.90. The number of hydrogen-bond acceptors (Lipinski definition) is 4. The van der Waals surface area contributed by atoms with E-state index < -0.39 is 0 Å². The van der Waals surface area contributed by atoms with Crippen LogP contribution in [0.25, 0.3) is 27.8 Å². The average Bonchev–Trinajstić information content (AvgIpc) is 3.15. The van der Waals surface area contributed by atoms with E-state index in [-0.39, 0.29) is 17.3 Å². The lowest BCUT2D eigenvalue weighted by atomic mass is 10.1. The molecule has 6 rings (SSSR count). The lowest BCUT2D eigenvalue weighted by molar-refractivity contribution is 0.0775. The van der Waals surface area contributed by atoms with Crippen molar-refractivity contribution in [1.29, 1.82) is 0 Å². The average molecular weight is 415 g/mol. The molecule has 1 aliphatic heterocycles. The van der Waals surface area contributed by atoms with Gasteiger partial charge in [-0.15, -0.1) is 5.10 Å². The van der Waals surface area contributed by atoms with Crippen molar-refractivity contribution in [2.24, 2.45) is 11.8 Å². The number of amides is 1. The Hall–Kier alpha value is -3.81. The van der Waals surface area contributed by atoms with E-state index in [0.29, 0.717) is 39.6 Å². The van der Waals surface area contributed by atoms with Crippen LogP contribution in [-0.4, -0.2) is 43.9 Å². The smallest absolute Gasteiger partial charge is 0.258 e. The molecular weight excluding hydrogens is 397 g/mol. The molecule has 1 saturated heterocycles. The summed E-state index contributed by atoms with van der Waals surface area (Å²) in [5, 5.41) is 8.80. The van der Waals surface area contributed by atoms with Crippen LogP contribution in [0.3, 0.4) is 0 Å². The number of fused-ring (bicyclic) bond motifs is 2. The van der Waals surface area contributed by atoms with Crippen LogP contribution in [0.2, 0.25) is 0 Å². The summed E-state index contributed by atoms with van der Waals surface area (Å²) < 4.78 is 15.1. The highest BCUT2D eigenvalue weighted by molar-refractivity contribution is 5.94. The summed E-state index contributed by atoms with van der Waals surface area (Å²) in [5.41, 5.74) is 2.29. The zero-order valence-corrected chi connectivity index (χ0v) is 16.5. The molecule has 0 radical (unpaired) electrons. The quantitative estimate of drug-likeness (QED) is 0.558. The number of H-pyrrole nitrogens is 1. The lowest BCUT2D eigenvalue weighted by Gasteiger charge is -2.17. The lowest BCUT2D eigenvalue weighted by Crippen LogP contribution is -2.30. The minimum atomic E-state index is -0.380. The number of carbonyl (C=O) groups is 1. The second kappa shape index (κ2) is 6.60. The van der Waals surface area contributed by atoms with E-state index in [9.17, 15) is 14.0 Å². The number of hydrogen-bond donors (Lipinski definition) is 1. The Morgan fingerprint density at radius 2 is 1.84 bits per heavy atom. The summed E-state index contributed by atoms with van der Waals surface area (Å²) in [6.45, 7) is 1.73. The number of benzene rings is 2. The molecule has 0 spiro atoms. The summed E-state index contributed by atoms with van der Waals surface area (Å²) >= 11 is 0. The minimum Gasteiger partial charge on any atom is -0.338 e. The Labute approximate surface area is 176 Å². The van der Waals surface area contributed by atoms with Gasteiger partial charge in [0.2, 0.25) is 0 Å². The molecule has 2 aromatic heterocycles. The molecule has 7 nitrogen and oxygen atoms in total. The third-order valence-electron chi connectivity index (χ3n) is 6.22. The van der Waals surface area contributed by atoms with Crippen LogP contribution in [0, 0.1) is 17.7 Å². The summed E-state index contributed by atoms with van der Waals surface area (Å²) in [4.78, 5) is 29.8. The largest absolute Gasteiger partial charge is 0.338 e. The van der Waals surface area contributed by atoms with E-state index in [1.807, 2.05) is 17.0 Å². The van der Waals surface area contributed by atoms with Gasteiger partial charge in [0.05, 0.1) is 17.4 Å². The first-order valence-electron chi connectivity index (χ1n) is 10.2. The molecule has 1 saturated carbocycles. The van der Waals surface area contributed by atoms with Gasteiger partial charge in [0.15, 0.2) is 0 Å². The van der Waals surface area contributed by atoms with Crippen molar-refractivity contribution < 1.29 is 9.18 Å². The maximum Gasteiger partial charge on any atom is 0.258 e. The number of nitrogens with zero attached hydrogens (tertiary/aromatic N) is 4. The molecule has 0 unspecified atom stereocenters. The fourth-order valence-electron chi connectivity index (χ4n) is 4.38. The Morgan fingerprint density at radius 3 is 2.61 bits per heavy atom. The highest BCUT2D eigenvalue weighted by atomic mass is 19.1. The maximum absolute atomic E-state index is 13.6. The van der Waals surface area contributed by atoms with Crippen LogP contribution in [0.15, 0.2) is 59.5 Å². The molecule has 31 heavy (non-hydrogen) atoms. The van der Waals surface area contributed by atoms with Crippen LogP contribution in [0.5, 0.6) is 0 Å². The van der Waals surface area contributed by atoms with Crippen molar-refractivity contribution >= 4 is 16.8 Å². The first kappa shape index (κ1) is 18.0. The third-order valence-corrected chi connectivity index (χ3v) is 6.22. The van der Waals surface area contributed by atoms with E-state index in [0.717, 1.165) is 18.8 Å². The molecule has 2 atom stereocenters. The van der Waals surface area contributed by atoms with E-state index in [4.69, 9.17) is 0 Å². The monoisotopic (exact) mass is 415 g/mol. The molecule has 2 aliphatic rings. The summed E-state index contributed by atoms with van der Waals surface area (Å²) in [7, 11) is 0. The van der Waals surface area contributed by atoms with Gasteiger partial charge in [-0.05, 0) is 66.8 Å². The topological polar surface area (TPSA) is 83.9 Å². The van der Waals surface area contributed by atoms with Crippen LogP contribution in [-0.2, 0) is 0 Å². The van der Waals surface area contributed by atoms with Gasteiger partial charge in [-0.2, -0.15) is 0 Å². The standard InChI is InChI=1S/C23H18FN5O2/c24-17-3-6-20-14(8-17)9-19(22(30)25-20)21-12-29(27-26-21)18-4-1-13(2-5-18)23(31)28-10-15-7-16(15)11-28/h1-6,8-9,12,15-16H,7,10-11H2,(H,25,30)/t15-,16+. The molecule has 2 aromatic carbocycles. The van der Waals surface area contributed by atoms with Crippen molar-refractivity contribution in [2.45, 2.75) is 6.42 Å². The van der Waals surface area contributed by atoms with Gasteiger partial charge in [-0.1, -0.05) is 5.21 Å². The molecule has 0 bridgehead atoms. The van der Waals surface area contributed by atoms with Gasteiger partial charge in [-0.25, -0.2) is 9.07 Å². The molecule has 154 valence electrons. The van der Waals surface area contributed by atoms with Crippen molar-refractivity contribution in [2.75, 3.05) is 13.1 Å². The number of piperidine rings is 1. The molecule has 1 aliphatic carbocycles. The predicted molar refractivity (Wildman–Crippen MR) is 112 cm³/mol. The molecule has 4 aromatic rings. The fraction of sp³-hybridized carbons (Fsp3) is 0.217. The first-order valence-corrected chi connectivity index (χ1v) is 10.2. The SMILES string of the molecule is O=C(c1ccc(-n2cc(-c3cc4cc(F)ccc4[nH]c3=O)nn2)cc1)N1C[C@H]2C[C@H]2C1. The van der Waals surface area contributed by atoms with Crippen LogP contribution in [0.1, 0.15) is 16.8 Å². The van der Waals surface area contributed by atoms with Crippen LogP contribution < -0.4 is 5.56 Å². The predicted octanol–water partition coefficient (Wildman–Crippen LogP) is 3.01. The van der Waals surface area contributed by atoms with Gasteiger partial charge in [0.25, 0.3) is 11.5 Å². The Kier molecular flexibility index (Phi) is 3.83. The second-order valence-electron chi connectivity index (χ2n) is 8.30. The zero-order chi connectivity index (χ0) is 21.1. The van der Waals surface area contributed by atoms with Gasteiger partial charge in [0, 0.05) is 29.6 Å². The van der Waals surface area contributed by atoms with E-state index in [1.165, 1.54) is 24.6 Å². The van der Waals surface area contributed by atoms with Crippen molar-refractivity contribution in [3.8, 4) is 16.9 Å². The number of pyridine rings is 1. The normalized spacial score (nSPS) is 19.6. The summed E-state index contributed by atoms with van der Waals surface area (Å²) in [5.74, 6) is 1.08. The van der Waals surface area contributed by atoms with Gasteiger partial charge >= 0.3 is 0 Å². The molecule has 1 amide bonds. The Morgan fingerprint density at radius 1 is 1.06 bits per heavy atom. The van der Waals surface area contributed by atoms with Gasteiger partial charge in [-0.3, -0.25) is 9.59 Å². The van der Waals surface area contributed by atoms with Crippen molar-refractivity contribution in [3.63, 3.8) is 0 Å². The Balaban J connectivity index is 1.27. The zero-order valence-electron chi connectivity index (χ0n) is 16.5. The third kappa shape index (κ3) is 3.11. The molecule has 3 heterocycles. The second-order valence-corrected chi connectivity index (χ2v) is 8.30. The molecule has 1 N–H and O–H groups in total. The van der Waals surface area contributed by atoms with Crippen molar-refractivity contribution in [1.82, 2.24) is 24.9 Å². The molecule has 2 fully saturated rings. The van der Waals surface area contributed by atoms with E-state index >= 15 is 0 Å². The number of nitrogens with one attached hydrogen (secondary N) is 1. The van der Waals surface area contributed by atoms with Crippen molar-refractivity contribution in [3.05, 3.63) is 76.5 Å². The number of rotatable bonds is 3. The highest BCUT2D eigenvalue weighted by Gasteiger charge is 2.46. The molecular formula is C23H18FN5O2. The number of likely N-dealkylation sites (tertiary alicyclic amines) is 1. The maximum atomic E-state index is 13.6. The minimum absolute atomic E-state index is 0.0629.